The Bertz CT molecular complexity index is 704. The van der Waals surface area contributed by atoms with Crippen molar-refractivity contribution in [3.05, 3.63) is 48.0 Å². The van der Waals surface area contributed by atoms with Crippen molar-refractivity contribution in [1.82, 2.24) is 0 Å². The molecule has 0 saturated heterocycles. The zero-order valence-corrected chi connectivity index (χ0v) is 19.0. The first kappa shape index (κ1) is 26.2. The fourth-order valence-electron chi connectivity index (χ4n) is 4.44. The Balaban J connectivity index is 1.70. The summed E-state index contributed by atoms with van der Waals surface area (Å²) in [6.45, 7) is 1.53. The Morgan fingerprint density at radius 3 is 2.56 bits per heavy atom. The molecule has 0 aromatic heterocycles. The molecule has 1 aromatic rings. The zero-order chi connectivity index (χ0) is 23.3. The van der Waals surface area contributed by atoms with Crippen molar-refractivity contribution >= 4 is 12.3 Å². The largest absolute Gasteiger partial charge is 0.455 e. The number of benzene rings is 1. The molecule has 1 unspecified atom stereocenters. The van der Waals surface area contributed by atoms with Gasteiger partial charge in [0, 0.05) is 6.42 Å². The lowest BCUT2D eigenvalue weighted by atomic mass is 9.85. The number of carbonyl (C=O) groups excluding carboxylic acids is 2. The summed E-state index contributed by atoms with van der Waals surface area (Å²) in [5.74, 6) is -0.431. The Morgan fingerprint density at radius 2 is 1.84 bits per heavy atom. The van der Waals surface area contributed by atoms with E-state index in [1.807, 2.05) is 30.4 Å². The smallest absolute Gasteiger partial charge is 0.306 e. The number of aliphatic hydroxyl groups excluding tert-OH is 3. The molecule has 0 aliphatic heterocycles. The van der Waals surface area contributed by atoms with Crippen LogP contribution in [0.2, 0.25) is 0 Å². The highest BCUT2D eigenvalue weighted by molar-refractivity contribution is 5.72. The van der Waals surface area contributed by atoms with E-state index in [2.05, 4.69) is 12.1 Å². The highest BCUT2D eigenvalue weighted by Crippen LogP contribution is 2.38. The van der Waals surface area contributed by atoms with Gasteiger partial charge in [0.05, 0.1) is 18.3 Å². The van der Waals surface area contributed by atoms with Crippen molar-refractivity contribution in [2.75, 3.05) is 0 Å². The maximum absolute atomic E-state index is 11.5. The lowest BCUT2D eigenvalue weighted by Crippen LogP contribution is -2.23. The van der Waals surface area contributed by atoms with Gasteiger partial charge < -0.3 is 20.1 Å². The van der Waals surface area contributed by atoms with Crippen molar-refractivity contribution in [1.29, 1.82) is 0 Å². The van der Waals surface area contributed by atoms with Crippen molar-refractivity contribution in [3.63, 3.8) is 0 Å². The number of esters is 1. The molecule has 3 N–H and O–H groups in total. The topological polar surface area (TPSA) is 104 Å². The van der Waals surface area contributed by atoms with E-state index in [1.54, 1.807) is 0 Å². The van der Waals surface area contributed by atoms with E-state index in [0.717, 1.165) is 6.42 Å². The van der Waals surface area contributed by atoms with E-state index in [0.29, 0.717) is 51.2 Å². The van der Waals surface area contributed by atoms with Gasteiger partial charge in [-0.15, -0.1) is 0 Å². The van der Waals surface area contributed by atoms with Crippen LogP contribution in [0.25, 0.3) is 0 Å². The molecule has 32 heavy (non-hydrogen) atoms. The Labute approximate surface area is 191 Å². The molecule has 2 rings (SSSR count). The third-order valence-corrected chi connectivity index (χ3v) is 6.30. The average molecular weight is 447 g/mol. The molecule has 1 saturated carbocycles. The van der Waals surface area contributed by atoms with Crippen LogP contribution in [0.5, 0.6) is 0 Å². The minimum absolute atomic E-state index is 0.0269. The number of hydrogen-bond donors (Lipinski definition) is 3. The third-order valence-electron chi connectivity index (χ3n) is 6.30. The van der Waals surface area contributed by atoms with Crippen LogP contribution in [0.4, 0.5) is 0 Å². The van der Waals surface area contributed by atoms with Gasteiger partial charge in [-0.1, -0.05) is 42.5 Å². The summed E-state index contributed by atoms with van der Waals surface area (Å²) in [4.78, 5) is 22.0. The van der Waals surface area contributed by atoms with Crippen LogP contribution < -0.4 is 0 Å². The van der Waals surface area contributed by atoms with E-state index in [9.17, 15) is 24.9 Å². The van der Waals surface area contributed by atoms with Crippen molar-refractivity contribution in [2.24, 2.45) is 11.8 Å². The van der Waals surface area contributed by atoms with E-state index < -0.39 is 24.4 Å². The predicted molar refractivity (Wildman–Crippen MR) is 123 cm³/mol. The molecule has 0 radical (unpaired) electrons. The molecule has 0 spiro atoms. The third kappa shape index (κ3) is 9.23. The van der Waals surface area contributed by atoms with Crippen LogP contribution in [0.15, 0.2) is 42.5 Å². The first-order valence-corrected chi connectivity index (χ1v) is 11.8. The number of unbranched alkanes of at least 4 members (excludes halogenated alkanes) is 1. The van der Waals surface area contributed by atoms with E-state index in [1.165, 1.54) is 12.5 Å². The fraction of sp³-hybridized carbons (Fsp3) is 0.615. The number of aldehydes is 1. The SMILES string of the molecule is CC(C=O)OC(=O)CCCC=CC[C@@H]1[C@@H](CC[C@@H](O)CCc2ccccc2)[C@H](O)C[C@@H]1O. The minimum atomic E-state index is -0.706. The van der Waals surface area contributed by atoms with Gasteiger partial charge in [-0.05, 0) is 75.7 Å². The Hall–Kier alpha value is -2.02. The fourth-order valence-corrected chi connectivity index (χ4v) is 4.44. The second-order valence-electron chi connectivity index (χ2n) is 8.88. The normalized spacial score (nSPS) is 25.0. The zero-order valence-electron chi connectivity index (χ0n) is 19.0. The lowest BCUT2D eigenvalue weighted by molar-refractivity contribution is -0.150. The maximum atomic E-state index is 11.5. The van der Waals surface area contributed by atoms with Crippen LogP contribution in [0.1, 0.15) is 63.9 Å². The summed E-state index contributed by atoms with van der Waals surface area (Å²) in [5.41, 5.74) is 1.21. The monoisotopic (exact) mass is 446 g/mol. The molecule has 1 aliphatic carbocycles. The molecule has 6 nitrogen and oxygen atoms in total. The van der Waals surface area contributed by atoms with E-state index in [4.69, 9.17) is 4.74 Å². The molecule has 6 heteroatoms. The average Bonchev–Trinajstić information content (AvgIpc) is 3.05. The molecule has 178 valence electrons. The number of hydrogen-bond acceptors (Lipinski definition) is 6. The maximum Gasteiger partial charge on any atom is 0.306 e. The number of aryl methyl sites for hydroxylation is 1. The summed E-state index contributed by atoms with van der Waals surface area (Å²) in [7, 11) is 0. The predicted octanol–water partition coefficient (Wildman–Crippen LogP) is 3.37. The Morgan fingerprint density at radius 1 is 1.12 bits per heavy atom. The van der Waals surface area contributed by atoms with Gasteiger partial charge in [-0.25, -0.2) is 0 Å². The second-order valence-corrected chi connectivity index (χ2v) is 8.88. The van der Waals surface area contributed by atoms with Gasteiger partial charge in [0.2, 0.25) is 0 Å². The lowest BCUT2D eigenvalue weighted by Gasteiger charge is -2.23. The Kier molecular flexibility index (Phi) is 11.6. The summed E-state index contributed by atoms with van der Waals surface area (Å²) >= 11 is 0. The van der Waals surface area contributed by atoms with Crippen LogP contribution in [-0.4, -0.2) is 52.0 Å². The quantitative estimate of drug-likeness (QED) is 0.175. The van der Waals surface area contributed by atoms with Gasteiger partial charge in [0.25, 0.3) is 0 Å². The standard InChI is InChI=1S/C26H38O6/c1-19(18-27)32-26(31)12-8-3-2-7-11-22-23(25(30)17-24(22)29)16-15-21(28)14-13-20-9-5-4-6-10-20/h2,4-7,9-10,18-19,21-25,28-30H,3,8,11-17H2,1H3/t19?,21-,22+,23+,24-,25+/m0/s1. The molecule has 1 aromatic carbocycles. The van der Waals surface area contributed by atoms with Crippen LogP contribution >= 0.6 is 0 Å². The minimum Gasteiger partial charge on any atom is -0.455 e. The highest BCUT2D eigenvalue weighted by atomic mass is 16.5. The van der Waals surface area contributed by atoms with Gasteiger partial charge in [0.1, 0.15) is 0 Å². The summed E-state index contributed by atoms with van der Waals surface area (Å²) < 4.78 is 4.90. The van der Waals surface area contributed by atoms with Crippen molar-refractivity contribution in [2.45, 2.75) is 89.1 Å². The summed E-state index contributed by atoms with van der Waals surface area (Å²) in [5, 5.41) is 31.2. The van der Waals surface area contributed by atoms with Gasteiger partial charge in [0.15, 0.2) is 12.4 Å². The van der Waals surface area contributed by atoms with Crippen LogP contribution in [0, 0.1) is 11.8 Å². The van der Waals surface area contributed by atoms with Gasteiger partial charge in [-0.2, -0.15) is 0 Å². The van der Waals surface area contributed by atoms with Crippen LogP contribution in [-0.2, 0) is 20.7 Å². The van der Waals surface area contributed by atoms with E-state index in [-0.39, 0.29) is 24.2 Å². The molecule has 0 bridgehead atoms. The molecule has 0 amide bonds. The van der Waals surface area contributed by atoms with Crippen molar-refractivity contribution in [3.8, 4) is 0 Å². The summed E-state index contributed by atoms with van der Waals surface area (Å²) in [6.07, 6.45) is 7.83. The molecule has 6 atom stereocenters. The van der Waals surface area contributed by atoms with E-state index >= 15 is 0 Å². The van der Waals surface area contributed by atoms with Crippen LogP contribution in [0.3, 0.4) is 0 Å². The second kappa shape index (κ2) is 14.2. The van der Waals surface area contributed by atoms with Gasteiger partial charge in [-0.3, -0.25) is 9.59 Å². The highest BCUT2D eigenvalue weighted by Gasteiger charge is 2.40. The molecule has 0 heterocycles. The number of rotatable bonds is 14. The number of ether oxygens (including phenoxy) is 1. The summed E-state index contributed by atoms with van der Waals surface area (Å²) in [6, 6.07) is 10.1. The first-order valence-electron chi connectivity index (χ1n) is 11.8. The molecule has 1 fully saturated rings. The number of allylic oxidation sites excluding steroid dienone is 2. The van der Waals surface area contributed by atoms with Crippen molar-refractivity contribution < 1.29 is 29.6 Å². The number of carbonyl (C=O) groups is 2. The first-order chi connectivity index (χ1) is 15.4. The van der Waals surface area contributed by atoms with Gasteiger partial charge >= 0.3 is 5.97 Å². The molecular weight excluding hydrogens is 408 g/mol. The number of aliphatic hydroxyl groups is 3. The molecular formula is C26H38O6. The molecule has 1 aliphatic rings.